The Bertz CT molecular complexity index is 1020. The number of benzene rings is 2. The molecule has 0 spiro atoms. The number of nitrogens with two attached hydrogens (primary N) is 2. The fourth-order valence-electron chi connectivity index (χ4n) is 2.64. The van der Waals surface area contributed by atoms with E-state index >= 15 is 0 Å². The highest BCUT2D eigenvalue weighted by Crippen LogP contribution is 2.30. The van der Waals surface area contributed by atoms with E-state index < -0.39 is 26.2 Å². The third-order valence-corrected chi connectivity index (χ3v) is 6.32. The molecule has 0 saturated heterocycles. The molecule has 0 aliphatic heterocycles. The maximum atomic E-state index is 13.0. The van der Waals surface area contributed by atoms with Crippen molar-refractivity contribution < 1.29 is 21.0 Å². The van der Waals surface area contributed by atoms with Crippen molar-refractivity contribution in [1.29, 1.82) is 0 Å². The molecule has 1 unspecified atom stereocenters. The van der Waals surface area contributed by atoms with Crippen molar-refractivity contribution in [3.8, 4) is 0 Å². The second-order valence-corrected chi connectivity index (χ2v) is 9.04. The van der Waals surface area contributed by atoms with Crippen LogP contribution in [0.25, 0.3) is 5.57 Å². The van der Waals surface area contributed by atoms with Crippen LogP contribution in [0.1, 0.15) is 25.3 Å². The Kier molecular flexibility index (Phi) is 6.77. The summed E-state index contributed by atoms with van der Waals surface area (Å²) in [5, 5.41) is 4.86. The lowest BCUT2D eigenvalue weighted by Gasteiger charge is -2.15. The monoisotopic (exact) mass is 410 g/mol. The molecule has 0 radical (unpaired) electrons. The van der Waals surface area contributed by atoms with Gasteiger partial charge in [-0.1, -0.05) is 36.4 Å². The Morgan fingerprint density at radius 2 is 1.63 bits per heavy atom. The molecule has 0 bridgehead atoms. The Labute approximate surface area is 159 Å². The first kappa shape index (κ1) is 21.1. The van der Waals surface area contributed by atoms with E-state index in [9.17, 15) is 16.8 Å². The standard InChI is InChI=1S/C18H22N2O5S2/c1-14(25-27(20,23)24)11-12-15(13-19)17-9-5-6-10-18(17)26(21,22)16-7-3-2-4-8-16/h2-10,13-14H,11-12,19H2,1H3,(H2,20,23,24)/b15-13-. The maximum Gasteiger partial charge on any atom is 0.333 e. The lowest BCUT2D eigenvalue weighted by Crippen LogP contribution is -2.22. The van der Waals surface area contributed by atoms with Crippen LogP contribution in [0.3, 0.4) is 0 Å². The summed E-state index contributed by atoms with van der Waals surface area (Å²) >= 11 is 0. The van der Waals surface area contributed by atoms with E-state index in [4.69, 9.17) is 15.1 Å². The maximum absolute atomic E-state index is 13.0. The molecule has 1 atom stereocenters. The van der Waals surface area contributed by atoms with Crippen molar-refractivity contribution in [1.82, 2.24) is 0 Å². The summed E-state index contributed by atoms with van der Waals surface area (Å²) in [5.41, 5.74) is 6.76. The number of sulfone groups is 1. The molecule has 0 aromatic heterocycles. The predicted octanol–water partition coefficient (Wildman–Crippen LogP) is 2.21. The Morgan fingerprint density at radius 3 is 2.22 bits per heavy atom. The zero-order valence-corrected chi connectivity index (χ0v) is 16.4. The lowest BCUT2D eigenvalue weighted by atomic mass is 10.0. The van der Waals surface area contributed by atoms with Gasteiger partial charge in [0.1, 0.15) is 0 Å². The van der Waals surface area contributed by atoms with Crippen LogP contribution in [0.5, 0.6) is 0 Å². The van der Waals surface area contributed by atoms with Crippen molar-refractivity contribution in [2.75, 3.05) is 0 Å². The summed E-state index contributed by atoms with van der Waals surface area (Å²) in [4.78, 5) is 0.313. The molecule has 9 heteroatoms. The van der Waals surface area contributed by atoms with Crippen molar-refractivity contribution in [2.45, 2.75) is 35.7 Å². The Balaban J connectivity index is 2.33. The third-order valence-electron chi connectivity index (χ3n) is 3.90. The molecule has 4 N–H and O–H groups in total. The summed E-state index contributed by atoms with van der Waals surface area (Å²) < 4.78 is 52.7. The quantitative estimate of drug-likeness (QED) is 0.686. The number of hydrogen-bond acceptors (Lipinski definition) is 6. The van der Waals surface area contributed by atoms with Crippen LogP contribution in [0.15, 0.2) is 70.6 Å². The molecule has 7 nitrogen and oxygen atoms in total. The van der Waals surface area contributed by atoms with E-state index in [1.54, 1.807) is 43.3 Å². The topological polar surface area (TPSA) is 130 Å². The fourth-order valence-corrected chi connectivity index (χ4v) is 4.71. The highest BCUT2D eigenvalue weighted by atomic mass is 32.2. The summed E-state index contributed by atoms with van der Waals surface area (Å²) in [5.74, 6) is 0. The predicted molar refractivity (Wildman–Crippen MR) is 103 cm³/mol. The van der Waals surface area contributed by atoms with E-state index in [1.807, 2.05) is 0 Å². The molecule has 2 aromatic carbocycles. The first-order valence-electron chi connectivity index (χ1n) is 8.16. The molecular weight excluding hydrogens is 388 g/mol. The molecule has 146 valence electrons. The normalized spacial score (nSPS) is 14.1. The lowest BCUT2D eigenvalue weighted by molar-refractivity contribution is 0.220. The van der Waals surface area contributed by atoms with Gasteiger partial charge in [-0.05, 0) is 55.3 Å². The van der Waals surface area contributed by atoms with Gasteiger partial charge in [-0.15, -0.1) is 0 Å². The van der Waals surface area contributed by atoms with Gasteiger partial charge in [0.25, 0.3) is 0 Å². The largest absolute Gasteiger partial charge is 0.404 e. The zero-order chi connectivity index (χ0) is 20.1. The van der Waals surface area contributed by atoms with Gasteiger partial charge in [0, 0.05) is 0 Å². The van der Waals surface area contributed by atoms with Gasteiger partial charge in [0.15, 0.2) is 0 Å². The van der Waals surface area contributed by atoms with Crippen LogP contribution in [0, 0.1) is 0 Å². The molecule has 0 fully saturated rings. The molecule has 2 aromatic rings. The van der Waals surface area contributed by atoms with E-state index in [-0.39, 0.29) is 9.79 Å². The minimum atomic E-state index is -4.06. The van der Waals surface area contributed by atoms with Crippen LogP contribution in [0.2, 0.25) is 0 Å². The Hall–Kier alpha value is -2.20. The SMILES string of the molecule is CC(CC/C(=C/N)c1ccccc1S(=O)(=O)c1ccccc1)OS(N)(=O)=O. The smallest absolute Gasteiger partial charge is 0.333 e. The number of rotatable bonds is 8. The minimum absolute atomic E-state index is 0.132. The molecule has 2 rings (SSSR count). The highest BCUT2D eigenvalue weighted by molar-refractivity contribution is 7.91. The van der Waals surface area contributed by atoms with Gasteiger partial charge in [0.2, 0.25) is 9.84 Å². The second kappa shape index (κ2) is 8.66. The van der Waals surface area contributed by atoms with Gasteiger partial charge in [-0.3, -0.25) is 4.18 Å². The average Bonchev–Trinajstić information content (AvgIpc) is 2.62. The van der Waals surface area contributed by atoms with Gasteiger partial charge < -0.3 is 5.73 Å². The van der Waals surface area contributed by atoms with Gasteiger partial charge in [0.05, 0.1) is 15.9 Å². The first-order chi connectivity index (χ1) is 12.6. The summed E-state index contributed by atoms with van der Waals surface area (Å²) in [6, 6.07) is 14.6. The van der Waals surface area contributed by atoms with E-state index in [0.717, 1.165) is 0 Å². The molecule has 27 heavy (non-hydrogen) atoms. The Morgan fingerprint density at radius 1 is 1.04 bits per heavy atom. The number of hydrogen-bond donors (Lipinski definition) is 2. The molecule has 0 heterocycles. The van der Waals surface area contributed by atoms with Crippen LogP contribution in [-0.4, -0.2) is 22.9 Å². The van der Waals surface area contributed by atoms with Crippen LogP contribution >= 0.6 is 0 Å². The van der Waals surface area contributed by atoms with Gasteiger partial charge in [-0.2, -0.15) is 8.42 Å². The highest BCUT2D eigenvalue weighted by Gasteiger charge is 2.22. The molecular formula is C18H22N2O5S2. The molecule has 0 saturated carbocycles. The number of allylic oxidation sites excluding steroid dienone is 1. The minimum Gasteiger partial charge on any atom is -0.404 e. The third kappa shape index (κ3) is 5.64. The summed E-state index contributed by atoms with van der Waals surface area (Å²) in [6.45, 7) is 1.56. The van der Waals surface area contributed by atoms with Crippen LogP contribution in [-0.2, 0) is 24.3 Å². The average molecular weight is 411 g/mol. The van der Waals surface area contributed by atoms with Crippen LogP contribution < -0.4 is 10.9 Å². The summed E-state index contributed by atoms with van der Waals surface area (Å²) in [7, 11) is -7.79. The van der Waals surface area contributed by atoms with E-state index in [1.165, 1.54) is 24.4 Å². The molecule has 0 amide bonds. The van der Waals surface area contributed by atoms with E-state index in [0.29, 0.717) is 24.0 Å². The van der Waals surface area contributed by atoms with Crippen molar-refractivity contribution >= 4 is 25.7 Å². The molecule has 0 aliphatic carbocycles. The van der Waals surface area contributed by atoms with Crippen LogP contribution in [0.4, 0.5) is 0 Å². The first-order valence-corrected chi connectivity index (χ1v) is 11.1. The van der Waals surface area contributed by atoms with Crippen molar-refractivity contribution in [2.24, 2.45) is 10.9 Å². The summed E-state index contributed by atoms with van der Waals surface area (Å²) in [6.07, 6.45) is 1.25. The van der Waals surface area contributed by atoms with Gasteiger partial charge >= 0.3 is 10.3 Å². The van der Waals surface area contributed by atoms with E-state index in [2.05, 4.69) is 0 Å². The van der Waals surface area contributed by atoms with Crippen molar-refractivity contribution in [3.63, 3.8) is 0 Å². The van der Waals surface area contributed by atoms with Crippen molar-refractivity contribution in [3.05, 3.63) is 66.4 Å². The zero-order valence-electron chi connectivity index (χ0n) is 14.8. The fraction of sp³-hybridized carbons (Fsp3) is 0.222. The van der Waals surface area contributed by atoms with Gasteiger partial charge in [-0.25, -0.2) is 13.6 Å². The molecule has 0 aliphatic rings. The second-order valence-electron chi connectivity index (χ2n) is 5.94.